The van der Waals surface area contributed by atoms with Crippen LogP contribution in [-0.4, -0.2) is 51.3 Å². The van der Waals surface area contributed by atoms with Gasteiger partial charge in [0.15, 0.2) is 0 Å². The minimum absolute atomic E-state index is 0.265. The molecule has 0 aromatic heterocycles. The van der Waals surface area contributed by atoms with Crippen molar-refractivity contribution in [3.05, 3.63) is 64.2 Å². The Morgan fingerprint density at radius 2 is 1.48 bits per heavy atom. The molecule has 3 unspecified atom stereocenters. The van der Waals surface area contributed by atoms with Gasteiger partial charge in [-0.1, -0.05) is 64.8 Å². The zero-order valence-corrected chi connectivity index (χ0v) is 26.4. The molecule has 2 aromatic carbocycles. The highest BCUT2D eigenvalue weighted by Crippen LogP contribution is 2.41. The Kier molecular flexibility index (Phi) is 11.0. The van der Waals surface area contributed by atoms with Crippen LogP contribution < -0.4 is 4.74 Å². The maximum atomic E-state index is 13.4. The maximum Gasteiger partial charge on any atom is 0.329 e. The van der Waals surface area contributed by atoms with Gasteiger partial charge in [0.2, 0.25) is 0 Å². The molecule has 3 atom stereocenters. The normalized spacial score (nSPS) is 15.6. The highest BCUT2D eigenvalue weighted by atomic mass is 16.5. The number of aliphatic hydroxyl groups is 1. The van der Waals surface area contributed by atoms with Crippen molar-refractivity contribution in [2.45, 2.75) is 123 Å². The van der Waals surface area contributed by atoms with Crippen molar-refractivity contribution < 1.29 is 24.5 Å². The van der Waals surface area contributed by atoms with Gasteiger partial charge in [0.25, 0.3) is 5.91 Å². The third kappa shape index (κ3) is 6.54. The predicted octanol–water partition coefficient (Wildman–Crippen LogP) is 7.44. The van der Waals surface area contributed by atoms with Crippen LogP contribution >= 0.6 is 0 Å². The topological polar surface area (TPSA) is 87.1 Å². The lowest BCUT2D eigenvalue weighted by Gasteiger charge is -2.36. The molecular formula is C34H51NO5. The monoisotopic (exact) mass is 553 g/mol. The van der Waals surface area contributed by atoms with E-state index in [0.29, 0.717) is 18.4 Å². The van der Waals surface area contributed by atoms with Gasteiger partial charge in [0.05, 0.1) is 5.60 Å². The number of nitrogens with zero attached hydrogens (tertiary/aromatic N) is 1. The summed E-state index contributed by atoms with van der Waals surface area (Å²) in [5.74, 6) is -0.541. The fraction of sp³-hybridized carbons (Fsp3) is 0.588. The van der Waals surface area contributed by atoms with E-state index in [4.69, 9.17) is 4.74 Å². The van der Waals surface area contributed by atoms with E-state index >= 15 is 0 Å². The Hall–Kier alpha value is -2.86. The van der Waals surface area contributed by atoms with Gasteiger partial charge in [-0.05, 0) is 94.7 Å². The summed E-state index contributed by atoms with van der Waals surface area (Å²) >= 11 is 0. The average Bonchev–Trinajstić information content (AvgIpc) is 2.92. The Morgan fingerprint density at radius 1 is 0.925 bits per heavy atom. The number of carboxylic acid groups (broad SMARTS) is 1. The lowest BCUT2D eigenvalue weighted by molar-refractivity contribution is -0.148. The van der Waals surface area contributed by atoms with Gasteiger partial charge in [-0.3, -0.25) is 4.79 Å². The SMILES string of the molecule is CCCCC(C)(O)C(C)Oc1ccc(C(CC)(CC)c2ccc(C(=O)N(C)C(C)(CC)C(=O)O)c(C)c2)cc1C. The van der Waals surface area contributed by atoms with E-state index in [2.05, 4.69) is 39.0 Å². The lowest BCUT2D eigenvalue weighted by Crippen LogP contribution is -2.52. The largest absolute Gasteiger partial charge is 0.487 e. The molecule has 0 saturated heterocycles. The van der Waals surface area contributed by atoms with E-state index in [1.807, 2.05) is 45.9 Å². The van der Waals surface area contributed by atoms with Crippen LogP contribution in [0.2, 0.25) is 0 Å². The van der Waals surface area contributed by atoms with Gasteiger partial charge in [0.1, 0.15) is 17.4 Å². The lowest BCUT2D eigenvalue weighted by atomic mass is 9.70. The Bertz CT molecular complexity index is 1180. The molecule has 40 heavy (non-hydrogen) atoms. The highest BCUT2D eigenvalue weighted by molar-refractivity contribution is 5.98. The molecule has 6 heteroatoms. The van der Waals surface area contributed by atoms with E-state index in [1.165, 1.54) is 10.5 Å². The van der Waals surface area contributed by atoms with E-state index in [-0.39, 0.29) is 17.4 Å². The summed E-state index contributed by atoms with van der Waals surface area (Å²) in [4.78, 5) is 26.6. The van der Waals surface area contributed by atoms with Gasteiger partial charge >= 0.3 is 5.97 Å². The molecule has 0 fully saturated rings. The van der Waals surface area contributed by atoms with Crippen molar-refractivity contribution in [2.24, 2.45) is 0 Å². The van der Waals surface area contributed by atoms with Crippen LogP contribution in [0.3, 0.4) is 0 Å². The van der Waals surface area contributed by atoms with E-state index in [0.717, 1.165) is 48.1 Å². The fourth-order valence-electron chi connectivity index (χ4n) is 5.51. The zero-order chi connectivity index (χ0) is 30.5. The first kappa shape index (κ1) is 33.3. The molecule has 0 aliphatic carbocycles. The van der Waals surface area contributed by atoms with E-state index < -0.39 is 17.1 Å². The van der Waals surface area contributed by atoms with Gasteiger partial charge in [-0.25, -0.2) is 4.79 Å². The molecule has 0 bridgehead atoms. The number of hydrogen-bond acceptors (Lipinski definition) is 4. The number of unbranched alkanes of at least 4 members (excludes halogenated alkanes) is 1. The molecule has 0 saturated carbocycles. The second kappa shape index (κ2) is 13.2. The Labute approximate surface area is 241 Å². The van der Waals surface area contributed by atoms with Gasteiger partial charge in [-0.15, -0.1) is 0 Å². The minimum atomic E-state index is -1.28. The van der Waals surface area contributed by atoms with Crippen molar-refractivity contribution in [3.8, 4) is 5.75 Å². The summed E-state index contributed by atoms with van der Waals surface area (Å²) in [7, 11) is 1.56. The smallest absolute Gasteiger partial charge is 0.329 e. The summed E-state index contributed by atoms with van der Waals surface area (Å²) in [6.07, 6.45) is 4.37. The van der Waals surface area contributed by atoms with Crippen molar-refractivity contribution in [3.63, 3.8) is 0 Å². The molecule has 6 nitrogen and oxygen atoms in total. The second-order valence-corrected chi connectivity index (χ2v) is 11.8. The molecule has 0 radical (unpaired) electrons. The van der Waals surface area contributed by atoms with Crippen LogP contribution in [0.5, 0.6) is 5.75 Å². The molecule has 2 N–H and O–H groups in total. The van der Waals surface area contributed by atoms with Crippen molar-refractivity contribution in [1.29, 1.82) is 0 Å². The molecule has 0 aliphatic heterocycles. The van der Waals surface area contributed by atoms with Crippen LogP contribution in [0.25, 0.3) is 0 Å². The molecule has 222 valence electrons. The van der Waals surface area contributed by atoms with Crippen molar-refractivity contribution >= 4 is 11.9 Å². The Morgan fingerprint density at radius 3 is 1.93 bits per heavy atom. The number of carbonyl (C=O) groups is 2. The standard InChI is InChI=1S/C34H51NO5/c1-11-15-20-33(9,39)25(7)40-29-19-17-27(22-24(29)6)34(13-3,14-4)26-16-18-28(23(5)21-26)30(36)35(10)32(8,12-2)31(37)38/h16-19,21-22,25,39H,11-15,20H2,1-10H3,(H,37,38). The zero-order valence-electron chi connectivity index (χ0n) is 26.4. The molecule has 0 heterocycles. The molecule has 1 amide bonds. The first-order valence-electron chi connectivity index (χ1n) is 14.8. The Balaban J connectivity index is 2.44. The van der Waals surface area contributed by atoms with Gasteiger partial charge in [-0.2, -0.15) is 0 Å². The summed E-state index contributed by atoms with van der Waals surface area (Å²) in [5, 5.41) is 20.7. The number of rotatable bonds is 14. The number of likely N-dealkylation sites (N-methyl/N-ethyl adjacent to an activating group) is 1. The molecule has 0 aliphatic rings. The summed E-state index contributed by atoms with van der Waals surface area (Å²) in [5.41, 5.74) is 2.20. The number of hydrogen-bond donors (Lipinski definition) is 2. The number of aliphatic carboxylic acids is 1. The molecule has 2 aromatic rings. The van der Waals surface area contributed by atoms with E-state index in [9.17, 15) is 19.8 Å². The number of carbonyl (C=O) groups excluding carboxylic acids is 1. The summed E-state index contributed by atoms with van der Waals surface area (Å²) < 4.78 is 6.25. The minimum Gasteiger partial charge on any atom is -0.487 e. The maximum absolute atomic E-state index is 13.4. The quantitative estimate of drug-likeness (QED) is 0.254. The van der Waals surface area contributed by atoms with Crippen LogP contribution in [0.4, 0.5) is 0 Å². The predicted molar refractivity (Wildman–Crippen MR) is 162 cm³/mol. The third-order valence-electron chi connectivity index (χ3n) is 9.35. The van der Waals surface area contributed by atoms with Crippen LogP contribution in [-0.2, 0) is 10.2 Å². The second-order valence-electron chi connectivity index (χ2n) is 11.8. The van der Waals surface area contributed by atoms with Crippen LogP contribution in [0.15, 0.2) is 36.4 Å². The fourth-order valence-corrected chi connectivity index (χ4v) is 5.51. The number of carboxylic acids is 1. The number of amides is 1. The van der Waals surface area contributed by atoms with Crippen LogP contribution in [0.1, 0.15) is 120 Å². The van der Waals surface area contributed by atoms with Crippen molar-refractivity contribution in [2.75, 3.05) is 7.05 Å². The summed E-state index contributed by atoms with van der Waals surface area (Å²) in [6, 6.07) is 12.2. The molecule has 0 spiro atoms. The number of aryl methyl sites for hydroxylation is 2. The van der Waals surface area contributed by atoms with E-state index in [1.54, 1.807) is 20.9 Å². The van der Waals surface area contributed by atoms with Crippen molar-refractivity contribution in [1.82, 2.24) is 4.90 Å². The highest BCUT2D eigenvalue weighted by Gasteiger charge is 2.39. The first-order valence-corrected chi connectivity index (χ1v) is 14.8. The number of ether oxygens (including phenoxy) is 1. The number of benzene rings is 2. The molecular weight excluding hydrogens is 502 g/mol. The molecule has 2 rings (SSSR count). The average molecular weight is 554 g/mol. The van der Waals surface area contributed by atoms with Crippen LogP contribution in [0, 0.1) is 13.8 Å². The third-order valence-corrected chi connectivity index (χ3v) is 9.35. The van der Waals surface area contributed by atoms with Gasteiger partial charge < -0.3 is 19.8 Å². The summed E-state index contributed by atoms with van der Waals surface area (Å²) in [6.45, 7) is 17.6. The van der Waals surface area contributed by atoms with Gasteiger partial charge in [0, 0.05) is 18.0 Å². The first-order chi connectivity index (χ1) is 18.6.